The molecule has 1 aliphatic heterocycles. The van der Waals surface area contributed by atoms with E-state index >= 15 is 0 Å². The van der Waals surface area contributed by atoms with Crippen molar-refractivity contribution in [1.82, 2.24) is 20.3 Å². The zero-order chi connectivity index (χ0) is 19.9. The normalized spacial score (nSPS) is 15.8. The number of hydrogen-bond acceptors (Lipinski definition) is 5. The molecular formula is C16H27ClIN5O3S2. The summed E-state index contributed by atoms with van der Waals surface area (Å²) in [6.45, 7) is 2.30. The number of sulfonamides is 1. The summed E-state index contributed by atoms with van der Waals surface area (Å²) in [5.41, 5.74) is 0. The fourth-order valence-electron chi connectivity index (χ4n) is 2.92. The first kappa shape index (κ1) is 25.4. The Balaban J connectivity index is 0.00000392. The molecule has 0 aliphatic carbocycles. The van der Waals surface area contributed by atoms with Crippen molar-refractivity contribution < 1.29 is 13.2 Å². The number of carbonyl (C=O) groups is 1. The summed E-state index contributed by atoms with van der Waals surface area (Å²) in [5.74, 6) is 1.21. The topological polar surface area (TPSA) is 103 Å². The van der Waals surface area contributed by atoms with Crippen molar-refractivity contribution in [2.75, 3.05) is 40.3 Å². The molecule has 160 valence electrons. The van der Waals surface area contributed by atoms with Gasteiger partial charge in [0.2, 0.25) is 15.9 Å². The number of carbonyl (C=O) groups excluding carboxylic acids is 1. The second kappa shape index (κ2) is 12.2. The predicted octanol–water partition coefficient (Wildman–Crippen LogP) is 1.72. The molecule has 1 amide bonds. The molecule has 2 rings (SSSR count). The van der Waals surface area contributed by atoms with Crippen LogP contribution in [0.5, 0.6) is 0 Å². The smallest absolute Gasteiger partial charge is 0.250 e. The fourth-order valence-corrected chi connectivity index (χ4v) is 5.48. The molecule has 1 aliphatic rings. The molecule has 0 atom stereocenters. The van der Waals surface area contributed by atoms with Crippen molar-refractivity contribution >= 4 is 68.8 Å². The monoisotopic (exact) mass is 563 g/mol. The van der Waals surface area contributed by atoms with Gasteiger partial charge in [-0.25, -0.2) is 13.1 Å². The minimum atomic E-state index is -3.54. The number of nitrogens with one attached hydrogen (secondary N) is 3. The molecular weight excluding hydrogens is 537 g/mol. The number of amides is 1. The Hall–Kier alpha value is -0.630. The number of guanidine groups is 1. The lowest BCUT2D eigenvalue weighted by Crippen LogP contribution is -2.47. The first-order chi connectivity index (χ1) is 12.9. The molecule has 1 saturated heterocycles. The highest BCUT2D eigenvalue weighted by atomic mass is 127. The second-order valence-corrected chi connectivity index (χ2v) is 9.95. The molecule has 0 unspecified atom stereocenters. The molecule has 0 radical (unpaired) electrons. The highest BCUT2D eigenvalue weighted by molar-refractivity contribution is 14.0. The number of halogens is 2. The second-order valence-electron chi connectivity index (χ2n) is 6.24. The molecule has 0 spiro atoms. The summed E-state index contributed by atoms with van der Waals surface area (Å²) < 4.78 is 27.5. The van der Waals surface area contributed by atoms with Crippen molar-refractivity contribution in [3.05, 3.63) is 16.5 Å². The van der Waals surface area contributed by atoms with E-state index in [9.17, 15) is 13.2 Å². The van der Waals surface area contributed by atoms with Crippen molar-refractivity contribution in [3.8, 4) is 0 Å². The van der Waals surface area contributed by atoms with E-state index in [0.29, 0.717) is 23.2 Å². The zero-order valence-corrected chi connectivity index (χ0v) is 20.6. The number of rotatable bonds is 7. The van der Waals surface area contributed by atoms with Crippen LogP contribution < -0.4 is 15.4 Å². The van der Waals surface area contributed by atoms with Crippen LogP contribution in [0.3, 0.4) is 0 Å². The molecule has 8 nitrogen and oxygen atoms in total. The van der Waals surface area contributed by atoms with Crippen molar-refractivity contribution in [2.24, 2.45) is 10.9 Å². The average Bonchev–Trinajstić information content (AvgIpc) is 3.10. The maximum atomic E-state index is 12.1. The number of thiophene rings is 1. The summed E-state index contributed by atoms with van der Waals surface area (Å²) in [7, 11) is -0.175. The standard InChI is InChI=1S/C16H26ClN5O3S2.HI/c1-18-14(23)11-12-5-9-22(10-6-12)16(19-2)20-7-8-21-27(24,25)15-4-3-13(17)26-15;/h3-4,12,21H,5-11H2,1-2H3,(H,18,23)(H,19,20);1H. The van der Waals surface area contributed by atoms with E-state index in [4.69, 9.17) is 11.6 Å². The lowest BCUT2D eigenvalue weighted by Gasteiger charge is -2.34. The summed E-state index contributed by atoms with van der Waals surface area (Å²) in [6.07, 6.45) is 2.42. The third kappa shape index (κ3) is 7.65. The van der Waals surface area contributed by atoms with Crippen LogP contribution in [0.15, 0.2) is 21.3 Å². The quantitative estimate of drug-likeness (QED) is 0.203. The SMILES string of the molecule is CN=C(NCCNS(=O)(=O)c1ccc(Cl)s1)N1CCC(CC(=O)NC)CC1.I. The summed E-state index contributed by atoms with van der Waals surface area (Å²) >= 11 is 6.82. The van der Waals surface area contributed by atoms with E-state index in [1.165, 1.54) is 6.07 Å². The Morgan fingerprint density at radius 3 is 2.54 bits per heavy atom. The average molecular weight is 564 g/mol. The first-order valence-corrected chi connectivity index (χ1v) is 11.4. The Kier molecular flexibility index (Phi) is 11.0. The molecule has 12 heteroatoms. The molecule has 28 heavy (non-hydrogen) atoms. The first-order valence-electron chi connectivity index (χ1n) is 8.77. The summed E-state index contributed by atoms with van der Waals surface area (Å²) in [5, 5.41) is 5.85. The van der Waals surface area contributed by atoms with Gasteiger partial charge in [-0.15, -0.1) is 35.3 Å². The summed E-state index contributed by atoms with van der Waals surface area (Å²) in [4.78, 5) is 17.9. The Labute approximate surface area is 192 Å². The molecule has 1 aromatic heterocycles. The van der Waals surface area contributed by atoms with E-state index in [0.717, 1.165) is 43.2 Å². The third-order valence-corrected chi connectivity index (χ3v) is 7.58. The molecule has 0 aromatic carbocycles. The highest BCUT2D eigenvalue weighted by Crippen LogP contribution is 2.25. The Morgan fingerprint density at radius 2 is 2.00 bits per heavy atom. The van der Waals surface area contributed by atoms with Crippen LogP contribution in [0.4, 0.5) is 0 Å². The van der Waals surface area contributed by atoms with Crippen molar-refractivity contribution in [2.45, 2.75) is 23.5 Å². The van der Waals surface area contributed by atoms with Crippen LogP contribution in [-0.4, -0.2) is 65.5 Å². The molecule has 3 N–H and O–H groups in total. The van der Waals surface area contributed by atoms with Gasteiger partial charge in [-0.1, -0.05) is 11.6 Å². The van der Waals surface area contributed by atoms with Crippen LogP contribution in [0.1, 0.15) is 19.3 Å². The van der Waals surface area contributed by atoms with Gasteiger partial charge in [0.25, 0.3) is 0 Å². The predicted molar refractivity (Wildman–Crippen MR) is 124 cm³/mol. The number of hydrogen-bond donors (Lipinski definition) is 3. The number of aliphatic imine (C=N–C) groups is 1. The van der Waals surface area contributed by atoms with Crippen molar-refractivity contribution in [3.63, 3.8) is 0 Å². The van der Waals surface area contributed by atoms with Gasteiger partial charge in [0.05, 0.1) is 4.34 Å². The highest BCUT2D eigenvalue weighted by Gasteiger charge is 2.23. The van der Waals surface area contributed by atoms with Gasteiger partial charge in [-0.3, -0.25) is 9.79 Å². The number of nitrogens with zero attached hydrogens (tertiary/aromatic N) is 2. The van der Waals surface area contributed by atoms with Crippen molar-refractivity contribution in [1.29, 1.82) is 0 Å². The van der Waals surface area contributed by atoms with Gasteiger partial charge in [-0.05, 0) is 30.9 Å². The third-order valence-electron chi connectivity index (χ3n) is 4.39. The molecule has 1 aromatic rings. The van der Waals surface area contributed by atoms with Gasteiger partial charge in [0.1, 0.15) is 4.21 Å². The number of likely N-dealkylation sites (tertiary alicyclic amines) is 1. The zero-order valence-electron chi connectivity index (χ0n) is 15.9. The van der Waals surface area contributed by atoms with E-state index in [1.54, 1.807) is 20.2 Å². The lowest BCUT2D eigenvalue weighted by molar-refractivity contribution is -0.121. The largest absolute Gasteiger partial charge is 0.359 e. The van der Waals surface area contributed by atoms with Gasteiger partial charge in [0, 0.05) is 46.7 Å². The fraction of sp³-hybridized carbons (Fsp3) is 0.625. The van der Waals surface area contributed by atoms with Crippen LogP contribution in [0.25, 0.3) is 0 Å². The van der Waals surface area contributed by atoms with E-state index in [-0.39, 0.29) is 40.6 Å². The minimum absolute atomic E-state index is 0. The van der Waals surface area contributed by atoms with Gasteiger partial charge < -0.3 is 15.5 Å². The van der Waals surface area contributed by atoms with Crippen LogP contribution >= 0.6 is 46.9 Å². The van der Waals surface area contributed by atoms with E-state index in [2.05, 4.69) is 25.2 Å². The van der Waals surface area contributed by atoms with Gasteiger partial charge in [-0.2, -0.15) is 0 Å². The number of piperidine rings is 1. The minimum Gasteiger partial charge on any atom is -0.359 e. The lowest BCUT2D eigenvalue weighted by atomic mass is 9.93. The Morgan fingerprint density at radius 1 is 1.32 bits per heavy atom. The van der Waals surface area contributed by atoms with Gasteiger partial charge in [0.15, 0.2) is 5.96 Å². The summed E-state index contributed by atoms with van der Waals surface area (Å²) in [6, 6.07) is 3.05. The van der Waals surface area contributed by atoms with E-state index < -0.39 is 10.0 Å². The maximum Gasteiger partial charge on any atom is 0.250 e. The van der Waals surface area contributed by atoms with Crippen LogP contribution in [0, 0.1) is 5.92 Å². The molecule has 2 heterocycles. The maximum absolute atomic E-state index is 12.1. The molecule has 1 fully saturated rings. The van der Waals surface area contributed by atoms with Gasteiger partial charge >= 0.3 is 0 Å². The van der Waals surface area contributed by atoms with Crippen LogP contribution in [0.2, 0.25) is 4.34 Å². The van der Waals surface area contributed by atoms with Crippen LogP contribution in [-0.2, 0) is 14.8 Å². The molecule has 0 saturated carbocycles. The van der Waals surface area contributed by atoms with E-state index in [1.807, 2.05) is 0 Å². The molecule has 0 bridgehead atoms. The Bertz CT molecular complexity index is 764.